The smallest absolute Gasteiger partial charge is 0.255 e. The number of nitrogens with one attached hydrogen (secondary N) is 1. The molecule has 0 saturated carbocycles. The molecule has 2 rings (SSSR count). The van der Waals surface area contributed by atoms with Crippen LogP contribution in [0.1, 0.15) is 30.6 Å². The summed E-state index contributed by atoms with van der Waals surface area (Å²) in [5.74, 6) is 0.797. The summed E-state index contributed by atoms with van der Waals surface area (Å²) in [4.78, 5) is 18.5. The highest BCUT2D eigenvalue weighted by atomic mass is 35.5. The van der Waals surface area contributed by atoms with Crippen LogP contribution in [0.4, 0.5) is 5.82 Å². The number of nitrogens with zero attached hydrogens (tertiary/aromatic N) is 2. The van der Waals surface area contributed by atoms with Crippen molar-refractivity contribution in [3.05, 3.63) is 22.8 Å². The minimum absolute atomic E-state index is 0.0182. The number of rotatable bonds is 4. The molecular weight excluding hydrogens is 278 g/mol. The second-order valence-electron chi connectivity index (χ2n) is 5.09. The molecule has 1 aliphatic rings. The third kappa shape index (κ3) is 2.88. The Hall–Kier alpha value is -1.33. The lowest BCUT2D eigenvalue weighted by Gasteiger charge is -2.25. The predicted molar refractivity (Wildman–Crippen MR) is 79.1 cm³/mol. The number of anilines is 1. The number of halogens is 1. The van der Waals surface area contributed by atoms with Gasteiger partial charge >= 0.3 is 0 Å². The molecule has 0 radical (unpaired) electrons. The lowest BCUT2D eigenvalue weighted by molar-refractivity contribution is 0.0648. The molecule has 20 heavy (non-hydrogen) atoms. The van der Waals surface area contributed by atoms with Gasteiger partial charge in [0.2, 0.25) is 0 Å². The normalized spacial score (nSPS) is 22.1. The fraction of sp³-hybridized carbons (Fsp3) is 0.571. The first-order chi connectivity index (χ1) is 9.58. The molecular formula is C14H20ClN3O2. The fourth-order valence-corrected chi connectivity index (χ4v) is 2.76. The topological polar surface area (TPSA) is 65.5 Å². The summed E-state index contributed by atoms with van der Waals surface area (Å²) < 4.78 is 0. The zero-order valence-corrected chi connectivity index (χ0v) is 12.5. The molecule has 1 saturated heterocycles. The molecule has 0 aliphatic carbocycles. The van der Waals surface area contributed by atoms with Crippen molar-refractivity contribution in [2.75, 3.05) is 25.0 Å². The van der Waals surface area contributed by atoms with Crippen LogP contribution in [-0.4, -0.2) is 46.6 Å². The first kappa shape index (κ1) is 15.1. The Morgan fingerprint density at radius 2 is 2.40 bits per heavy atom. The summed E-state index contributed by atoms with van der Waals surface area (Å²) in [6, 6.07) is 1.54. The molecule has 0 aromatic carbocycles. The zero-order chi connectivity index (χ0) is 14.7. The van der Waals surface area contributed by atoms with Gasteiger partial charge in [0, 0.05) is 19.3 Å². The van der Waals surface area contributed by atoms with Gasteiger partial charge in [-0.05, 0) is 25.3 Å². The van der Waals surface area contributed by atoms with Gasteiger partial charge in [-0.2, -0.15) is 0 Å². The van der Waals surface area contributed by atoms with E-state index in [1.165, 1.54) is 6.20 Å². The van der Waals surface area contributed by atoms with Crippen molar-refractivity contribution >= 4 is 23.3 Å². The van der Waals surface area contributed by atoms with Crippen molar-refractivity contribution in [1.82, 2.24) is 9.88 Å². The monoisotopic (exact) mass is 297 g/mol. The molecule has 1 aromatic rings. The van der Waals surface area contributed by atoms with Crippen molar-refractivity contribution in [3.63, 3.8) is 0 Å². The number of aliphatic hydroxyl groups is 1. The van der Waals surface area contributed by atoms with Crippen molar-refractivity contribution in [1.29, 1.82) is 0 Å². The van der Waals surface area contributed by atoms with Crippen LogP contribution in [0.25, 0.3) is 0 Å². The van der Waals surface area contributed by atoms with E-state index in [4.69, 9.17) is 11.6 Å². The Balaban J connectivity index is 2.26. The van der Waals surface area contributed by atoms with Gasteiger partial charge in [0.25, 0.3) is 5.91 Å². The molecule has 2 N–H and O–H groups in total. The van der Waals surface area contributed by atoms with Crippen LogP contribution in [0.2, 0.25) is 5.02 Å². The van der Waals surface area contributed by atoms with E-state index in [0.29, 0.717) is 28.9 Å². The summed E-state index contributed by atoms with van der Waals surface area (Å²) in [5.41, 5.74) is 0.435. The number of aromatic nitrogens is 1. The summed E-state index contributed by atoms with van der Waals surface area (Å²) in [6.45, 7) is 5.37. The Morgan fingerprint density at radius 1 is 1.65 bits per heavy atom. The van der Waals surface area contributed by atoms with Crippen molar-refractivity contribution < 1.29 is 9.90 Å². The van der Waals surface area contributed by atoms with E-state index in [9.17, 15) is 9.90 Å². The number of aliphatic hydroxyl groups excluding tert-OH is 1. The lowest BCUT2D eigenvalue weighted by atomic mass is 10.0. The van der Waals surface area contributed by atoms with Crippen LogP contribution < -0.4 is 5.32 Å². The van der Waals surface area contributed by atoms with Gasteiger partial charge in [-0.3, -0.25) is 4.79 Å². The van der Waals surface area contributed by atoms with Crippen LogP contribution in [0, 0.1) is 5.92 Å². The number of likely N-dealkylation sites (tertiary alicyclic amines) is 1. The van der Waals surface area contributed by atoms with E-state index in [2.05, 4.69) is 10.3 Å². The van der Waals surface area contributed by atoms with Gasteiger partial charge in [-0.15, -0.1) is 0 Å². The maximum Gasteiger partial charge on any atom is 0.255 e. The second kappa shape index (κ2) is 6.41. The van der Waals surface area contributed by atoms with Crippen molar-refractivity contribution in [3.8, 4) is 0 Å². The maximum atomic E-state index is 12.6. The highest BCUT2D eigenvalue weighted by molar-refractivity contribution is 6.33. The van der Waals surface area contributed by atoms with Crippen LogP contribution in [0.15, 0.2) is 12.3 Å². The van der Waals surface area contributed by atoms with E-state index in [0.717, 1.165) is 13.0 Å². The number of carbonyl (C=O) groups is 1. The average Bonchev–Trinajstić information content (AvgIpc) is 2.81. The molecule has 2 heterocycles. The largest absolute Gasteiger partial charge is 0.394 e. The standard InChI is InChI=1S/C14H20ClN3O2/c1-3-16-13-6-10(11(15)7-17-13)14(20)18-5-4-9(2)12(18)8-19/h6-7,9,12,19H,3-5,8H2,1-2H3,(H,16,17). The summed E-state index contributed by atoms with van der Waals surface area (Å²) >= 11 is 6.10. The predicted octanol–water partition coefficient (Wildman–Crippen LogP) is 2.01. The Bertz CT molecular complexity index is 495. The maximum absolute atomic E-state index is 12.6. The third-order valence-electron chi connectivity index (χ3n) is 3.77. The molecule has 2 atom stereocenters. The molecule has 5 nitrogen and oxygen atoms in total. The average molecular weight is 298 g/mol. The Kier molecular flexibility index (Phi) is 4.83. The molecule has 1 aliphatic heterocycles. The summed E-state index contributed by atoms with van der Waals surface area (Å²) in [5, 5.41) is 12.9. The third-order valence-corrected chi connectivity index (χ3v) is 4.08. The van der Waals surface area contributed by atoms with Crippen LogP contribution in [-0.2, 0) is 0 Å². The van der Waals surface area contributed by atoms with Crippen LogP contribution in [0.5, 0.6) is 0 Å². The molecule has 1 fully saturated rings. The van der Waals surface area contributed by atoms with Gasteiger partial charge < -0.3 is 15.3 Å². The van der Waals surface area contributed by atoms with E-state index in [1.807, 2.05) is 13.8 Å². The molecule has 110 valence electrons. The molecule has 2 unspecified atom stereocenters. The van der Waals surface area contributed by atoms with Gasteiger partial charge in [0.1, 0.15) is 5.82 Å². The van der Waals surface area contributed by atoms with Gasteiger partial charge in [-0.1, -0.05) is 18.5 Å². The number of pyridine rings is 1. The number of carbonyl (C=O) groups excluding carboxylic acids is 1. The number of amides is 1. The highest BCUT2D eigenvalue weighted by Gasteiger charge is 2.35. The summed E-state index contributed by atoms with van der Waals surface area (Å²) in [7, 11) is 0. The lowest BCUT2D eigenvalue weighted by Crippen LogP contribution is -2.40. The number of hydrogen-bond acceptors (Lipinski definition) is 4. The minimum Gasteiger partial charge on any atom is -0.394 e. The molecule has 0 spiro atoms. The van der Waals surface area contributed by atoms with Gasteiger partial charge in [-0.25, -0.2) is 4.98 Å². The minimum atomic E-state index is -0.139. The molecule has 1 amide bonds. The fourth-order valence-electron chi connectivity index (χ4n) is 2.57. The van der Waals surface area contributed by atoms with Gasteiger partial charge in [0.05, 0.1) is 23.2 Å². The molecule has 1 aromatic heterocycles. The van der Waals surface area contributed by atoms with Gasteiger partial charge in [0.15, 0.2) is 0 Å². The van der Waals surface area contributed by atoms with E-state index in [1.54, 1.807) is 11.0 Å². The Morgan fingerprint density at radius 3 is 3.05 bits per heavy atom. The zero-order valence-electron chi connectivity index (χ0n) is 11.8. The molecule has 6 heteroatoms. The van der Waals surface area contributed by atoms with E-state index >= 15 is 0 Å². The van der Waals surface area contributed by atoms with E-state index < -0.39 is 0 Å². The second-order valence-corrected chi connectivity index (χ2v) is 5.50. The Labute approximate surface area is 123 Å². The first-order valence-corrected chi connectivity index (χ1v) is 7.27. The van der Waals surface area contributed by atoms with Crippen molar-refractivity contribution in [2.45, 2.75) is 26.3 Å². The van der Waals surface area contributed by atoms with E-state index in [-0.39, 0.29) is 18.6 Å². The SMILES string of the molecule is CCNc1cc(C(=O)N2CCC(C)C2CO)c(Cl)cn1. The van der Waals surface area contributed by atoms with Crippen LogP contribution in [0.3, 0.4) is 0 Å². The highest BCUT2D eigenvalue weighted by Crippen LogP contribution is 2.28. The van der Waals surface area contributed by atoms with Crippen molar-refractivity contribution in [2.24, 2.45) is 5.92 Å². The molecule has 0 bridgehead atoms. The number of hydrogen-bond donors (Lipinski definition) is 2. The van der Waals surface area contributed by atoms with Crippen LogP contribution >= 0.6 is 11.6 Å². The first-order valence-electron chi connectivity index (χ1n) is 6.89. The quantitative estimate of drug-likeness (QED) is 0.892. The summed E-state index contributed by atoms with van der Waals surface area (Å²) in [6.07, 6.45) is 2.39.